The summed E-state index contributed by atoms with van der Waals surface area (Å²) in [5.74, 6) is -1.57. The first-order chi connectivity index (χ1) is 11.7. The summed E-state index contributed by atoms with van der Waals surface area (Å²) < 4.78 is 77.7. The lowest BCUT2D eigenvalue weighted by molar-refractivity contribution is -0.140. The van der Waals surface area contributed by atoms with E-state index < -0.39 is 39.0 Å². The number of nitrogens with zero attached hydrogens (tertiary/aromatic N) is 2. The third-order valence-electron chi connectivity index (χ3n) is 3.33. The van der Waals surface area contributed by atoms with Crippen molar-refractivity contribution in [3.8, 4) is 6.07 Å². The molecule has 0 amide bonds. The second kappa shape index (κ2) is 7.21. The molecule has 2 rings (SSSR count). The van der Waals surface area contributed by atoms with Crippen molar-refractivity contribution in [3.05, 3.63) is 65.5 Å². The van der Waals surface area contributed by atoms with Gasteiger partial charge in [0.25, 0.3) is 0 Å². The summed E-state index contributed by atoms with van der Waals surface area (Å²) in [6.07, 6.45) is -5.03. The zero-order valence-corrected chi connectivity index (χ0v) is 13.5. The van der Waals surface area contributed by atoms with Gasteiger partial charge in [0.1, 0.15) is 12.4 Å². The predicted molar refractivity (Wildman–Crippen MR) is 81.1 cm³/mol. The molecule has 0 heterocycles. The van der Waals surface area contributed by atoms with Crippen LogP contribution in [0.5, 0.6) is 0 Å². The fourth-order valence-electron chi connectivity index (χ4n) is 2.12. The Kier molecular flexibility index (Phi) is 5.45. The number of alkyl halides is 3. The molecule has 0 aliphatic heterocycles. The Morgan fingerprint density at radius 2 is 1.72 bits per heavy atom. The number of benzene rings is 2. The molecule has 0 saturated carbocycles. The molecule has 0 N–H and O–H groups in total. The van der Waals surface area contributed by atoms with Crippen molar-refractivity contribution in [1.82, 2.24) is 4.31 Å². The molecule has 0 atom stereocenters. The highest BCUT2D eigenvalue weighted by molar-refractivity contribution is 7.89. The summed E-state index contributed by atoms with van der Waals surface area (Å²) in [6.45, 7) is -0.759. The highest BCUT2D eigenvalue weighted by Gasteiger charge is 2.36. The zero-order valence-electron chi connectivity index (χ0n) is 12.7. The molecule has 0 radical (unpaired) electrons. The van der Waals surface area contributed by atoms with E-state index in [1.54, 1.807) is 36.4 Å². The number of hydrogen-bond acceptors (Lipinski definition) is 3. The summed E-state index contributed by atoms with van der Waals surface area (Å²) in [5.41, 5.74) is -1.12. The molecule has 0 saturated heterocycles. The Hall–Kier alpha value is -2.44. The van der Waals surface area contributed by atoms with Gasteiger partial charge in [0.05, 0.1) is 16.5 Å². The average molecular weight is 372 g/mol. The van der Waals surface area contributed by atoms with Gasteiger partial charge in [-0.15, -0.1) is 0 Å². The van der Waals surface area contributed by atoms with E-state index in [2.05, 4.69) is 0 Å². The Morgan fingerprint density at radius 1 is 1.08 bits per heavy atom. The van der Waals surface area contributed by atoms with Crippen molar-refractivity contribution in [2.45, 2.75) is 17.6 Å². The first-order valence-corrected chi connectivity index (χ1v) is 8.38. The van der Waals surface area contributed by atoms with Gasteiger partial charge in [-0.1, -0.05) is 30.3 Å². The van der Waals surface area contributed by atoms with Crippen LogP contribution in [0.25, 0.3) is 0 Å². The predicted octanol–water partition coefficient (Wildman–Crippen LogP) is 3.56. The first kappa shape index (κ1) is 18.9. The third-order valence-corrected chi connectivity index (χ3v) is 5.12. The number of rotatable bonds is 5. The monoisotopic (exact) mass is 372 g/mol. The van der Waals surface area contributed by atoms with Gasteiger partial charge in [-0.2, -0.15) is 22.7 Å². The van der Waals surface area contributed by atoms with Crippen molar-refractivity contribution in [1.29, 1.82) is 5.26 Å². The molecule has 0 aromatic heterocycles. The Morgan fingerprint density at radius 3 is 2.28 bits per heavy atom. The van der Waals surface area contributed by atoms with Crippen LogP contribution in [0, 0.1) is 17.1 Å². The van der Waals surface area contributed by atoms with Gasteiger partial charge < -0.3 is 0 Å². The Bertz CT molecular complexity index is 891. The van der Waals surface area contributed by atoms with E-state index in [1.165, 1.54) is 0 Å². The minimum Gasteiger partial charge on any atom is -0.207 e. The maximum absolute atomic E-state index is 13.4. The van der Waals surface area contributed by atoms with Crippen LogP contribution in [-0.2, 0) is 22.7 Å². The average Bonchev–Trinajstić information content (AvgIpc) is 2.54. The SMILES string of the molecule is N#CCN(Cc1ccccc1)S(=O)(=O)c1ccc(F)c(C(F)(F)F)c1. The number of sulfonamides is 1. The van der Waals surface area contributed by atoms with E-state index in [0.29, 0.717) is 11.6 Å². The van der Waals surface area contributed by atoms with Gasteiger partial charge in [0, 0.05) is 6.54 Å². The van der Waals surface area contributed by atoms with E-state index in [4.69, 9.17) is 5.26 Å². The summed E-state index contributed by atoms with van der Waals surface area (Å²) in [6, 6.07) is 11.4. The molecule has 132 valence electrons. The van der Waals surface area contributed by atoms with Crippen molar-refractivity contribution in [2.24, 2.45) is 0 Å². The highest BCUT2D eigenvalue weighted by atomic mass is 32.2. The topological polar surface area (TPSA) is 61.2 Å². The van der Waals surface area contributed by atoms with E-state index in [0.717, 1.165) is 10.4 Å². The molecule has 2 aromatic carbocycles. The molecule has 0 spiro atoms. The second-order valence-electron chi connectivity index (χ2n) is 5.06. The lowest BCUT2D eigenvalue weighted by Crippen LogP contribution is -2.31. The maximum atomic E-state index is 13.4. The Labute approximate surface area is 142 Å². The van der Waals surface area contributed by atoms with E-state index >= 15 is 0 Å². The van der Waals surface area contributed by atoms with Crippen LogP contribution in [0.4, 0.5) is 17.6 Å². The van der Waals surface area contributed by atoms with Crippen LogP contribution >= 0.6 is 0 Å². The van der Waals surface area contributed by atoms with Crippen molar-refractivity contribution in [2.75, 3.05) is 6.54 Å². The molecule has 0 aliphatic carbocycles. The van der Waals surface area contributed by atoms with Crippen molar-refractivity contribution < 1.29 is 26.0 Å². The van der Waals surface area contributed by atoms with Gasteiger partial charge >= 0.3 is 6.18 Å². The molecular formula is C16H12F4N2O2S. The fourth-order valence-corrected chi connectivity index (χ4v) is 3.47. The second-order valence-corrected chi connectivity index (χ2v) is 6.99. The molecule has 0 fully saturated rings. The van der Waals surface area contributed by atoms with E-state index in [9.17, 15) is 26.0 Å². The van der Waals surface area contributed by atoms with Crippen molar-refractivity contribution >= 4 is 10.0 Å². The standard InChI is InChI=1S/C16H12F4N2O2S/c17-15-7-6-13(10-14(15)16(18,19)20)25(23,24)22(9-8-21)11-12-4-2-1-3-5-12/h1-7,10H,9,11H2. The van der Waals surface area contributed by atoms with Crippen LogP contribution in [0.3, 0.4) is 0 Å². The van der Waals surface area contributed by atoms with Crippen LogP contribution in [0.1, 0.15) is 11.1 Å². The summed E-state index contributed by atoms with van der Waals surface area (Å²) in [4.78, 5) is -0.729. The molecule has 9 heteroatoms. The minimum atomic E-state index is -5.03. The molecule has 0 bridgehead atoms. The van der Waals surface area contributed by atoms with E-state index in [-0.39, 0.29) is 12.6 Å². The number of halogens is 4. The number of hydrogen-bond donors (Lipinski definition) is 0. The van der Waals surface area contributed by atoms with Gasteiger partial charge in [0.2, 0.25) is 10.0 Å². The lowest BCUT2D eigenvalue weighted by atomic mass is 10.2. The number of nitriles is 1. The normalized spacial score (nSPS) is 12.2. The lowest BCUT2D eigenvalue weighted by Gasteiger charge is -2.20. The largest absolute Gasteiger partial charge is 0.419 e. The molecule has 0 aliphatic rings. The quantitative estimate of drug-likeness (QED) is 0.596. The van der Waals surface area contributed by atoms with Crippen LogP contribution in [-0.4, -0.2) is 19.3 Å². The molecular weight excluding hydrogens is 360 g/mol. The summed E-state index contributed by atoms with van der Waals surface area (Å²) in [7, 11) is -4.42. The minimum absolute atomic E-state index is 0.199. The molecule has 25 heavy (non-hydrogen) atoms. The smallest absolute Gasteiger partial charge is 0.207 e. The summed E-state index contributed by atoms with van der Waals surface area (Å²) >= 11 is 0. The molecule has 0 unspecified atom stereocenters. The zero-order chi connectivity index (χ0) is 18.7. The van der Waals surface area contributed by atoms with Gasteiger partial charge in [-0.3, -0.25) is 0 Å². The van der Waals surface area contributed by atoms with Gasteiger partial charge in [-0.05, 0) is 23.8 Å². The fraction of sp³-hybridized carbons (Fsp3) is 0.188. The van der Waals surface area contributed by atoms with Crippen LogP contribution in [0.15, 0.2) is 53.4 Å². The van der Waals surface area contributed by atoms with Crippen LogP contribution in [0.2, 0.25) is 0 Å². The third kappa shape index (κ3) is 4.35. The highest BCUT2D eigenvalue weighted by Crippen LogP contribution is 2.33. The maximum Gasteiger partial charge on any atom is 0.419 e. The first-order valence-electron chi connectivity index (χ1n) is 6.94. The summed E-state index contributed by atoms with van der Waals surface area (Å²) in [5, 5.41) is 8.86. The van der Waals surface area contributed by atoms with E-state index in [1.807, 2.05) is 0 Å². The van der Waals surface area contributed by atoms with Gasteiger partial charge in [0.15, 0.2) is 0 Å². The molecule has 4 nitrogen and oxygen atoms in total. The Balaban J connectivity index is 2.46. The molecule has 2 aromatic rings. The van der Waals surface area contributed by atoms with Crippen molar-refractivity contribution in [3.63, 3.8) is 0 Å². The van der Waals surface area contributed by atoms with Crippen LogP contribution < -0.4 is 0 Å². The van der Waals surface area contributed by atoms with Gasteiger partial charge in [-0.25, -0.2) is 12.8 Å².